The maximum absolute atomic E-state index is 11.6. The van der Waals surface area contributed by atoms with Crippen LogP contribution < -0.4 is 20.9 Å². The van der Waals surface area contributed by atoms with Crippen LogP contribution in [-0.2, 0) is 4.79 Å². The van der Waals surface area contributed by atoms with Crippen LogP contribution in [0.1, 0.15) is 31.7 Å². The van der Waals surface area contributed by atoms with E-state index in [0.29, 0.717) is 5.11 Å². The second-order valence-corrected chi connectivity index (χ2v) is 5.09. The van der Waals surface area contributed by atoms with E-state index in [2.05, 4.69) is 23.1 Å². The van der Waals surface area contributed by atoms with Crippen molar-refractivity contribution in [2.75, 3.05) is 13.7 Å². The van der Waals surface area contributed by atoms with Gasteiger partial charge in [-0.2, -0.15) is 0 Å². The first-order valence-corrected chi connectivity index (χ1v) is 7.72. The molecular formula is C16H23N3O2S. The molecule has 3 N–H and O–H groups in total. The van der Waals surface area contributed by atoms with Crippen LogP contribution in [-0.4, -0.2) is 24.7 Å². The molecule has 0 aliphatic heterocycles. The number of benzene rings is 1. The number of methoxy groups -OCH3 is 1. The monoisotopic (exact) mass is 321 g/mol. The second kappa shape index (κ2) is 10.6. The number of hydrogen-bond donors (Lipinski definition) is 3. The van der Waals surface area contributed by atoms with Crippen molar-refractivity contribution in [2.45, 2.75) is 26.2 Å². The van der Waals surface area contributed by atoms with Crippen LogP contribution in [0.4, 0.5) is 0 Å². The molecule has 0 bridgehead atoms. The third-order valence-electron chi connectivity index (χ3n) is 2.91. The fraction of sp³-hybridized carbons (Fsp3) is 0.375. The van der Waals surface area contributed by atoms with Crippen LogP contribution in [0.3, 0.4) is 0 Å². The number of carbonyl (C=O) groups excluding carboxylic acids is 1. The molecule has 0 spiro atoms. The molecule has 1 aromatic rings. The molecule has 0 atom stereocenters. The summed E-state index contributed by atoms with van der Waals surface area (Å²) in [6, 6.07) is 7.42. The maximum atomic E-state index is 11.6. The molecule has 6 heteroatoms. The summed E-state index contributed by atoms with van der Waals surface area (Å²) < 4.78 is 5.07. The van der Waals surface area contributed by atoms with Crippen molar-refractivity contribution in [2.24, 2.45) is 0 Å². The summed E-state index contributed by atoms with van der Waals surface area (Å²) in [6.45, 7) is 2.95. The molecule has 0 heterocycles. The lowest BCUT2D eigenvalue weighted by molar-refractivity contribution is -0.116. The molecule has 0 aliphatic carbocycles. The topological polar surface area (TPSA) is 62.4 Å². The zero-order chi connectivity index (χ0) is 16.2. The summed E-state index contributed by atoms with van der Waals surface area (Å²) in [6.07, 6.45) is 6.54. The first-order chi connectivity index (χ1) is 10.7. The average Bonchev–Trinajstić information content (AvgIpc) is 2.55. The van der Waals surface area contributed by atoms with E-state index in [-0.39, 0.29) is 5.91 Å². The van der Waals surface area contributed by atoms with Crippen LogP contribution in [0.15, 0.2) is 30.3 Å². The Balaban J connectivity index is 2.27. The number of ether oxygens (including phenoxy) is 1. The van der Waals surface area contributed by atoms with Gasteiger partial charge in [-0.25, -0.2) is 0 Å². The predicted octanol–water partition coefficient (Wildman–Crippen LogP) is 2.39. The highest BCUT2D eigenvalue weighted by Crippen LogP contribution is 2.11. The van der Waals surface area contributed by atoms with Crippen LogP contribution in [0.5, 0.6) is 5.75 Å². The normalized spacial score (nSPS) is 10.3. The van der Waals surface area contributed by atoms with Crippen molar-refractivity contribution in [3.8, 4) is 5.75 Å². The Kier molecular flexibility index (Phi) is 8.67. The van der Waals surface area contributed by atoms with E-state index in [1.807, 2.05) is 24.3 Å². The molecular weight excluding hydrogens is 298 g/mol. The number of hydrazine groups is 1. The lowest BCUT2D eigenvalue weighted by Crippen LogP contribution is -2.46. The third kappa shape index (κ3) is 7.64. The van der Waals surface area contributed by atoms with Gasteiger partial charge in [-0.15, -0.1) is 0 Å². The van der Waals surface area contributed by atoms with Crippen molar-refractivity contribution in [1.82, 2.24) is 16.2 Å². The minimum atomic E-state index is -0.270. The summed E-state index contributed by atoms with van der Waals surface area (Å²) in [5.41, 5.74) is 6.09. The van der Waals surface area contributed by atoms with E-state index in [1.165, 1.54) is 6.08 Å². The molecule has 120 valence electrons. The number of thiocarbonyl (C=S) groups is 1. The van der Waals surface area contributed by atoms with Crippen LogP contribution in [0.25, 0.3) is 6.08 Å². The SMILES string of the molecule is CCCCCNC(=S)NNC(=O)/C=C/c1ccc(OC)cc1. The Hall–Kier alpha value is -2.08. The summed E-state index contributed by atoms with van der Waals surface area (Å²) >= 11 is 5.05. The summed E-state index contributed by atoms with van der Waals surface area (Å²) in [5, 5.41) is 3.45. The highest BCUT2D eigenvalue weighted by Gasteiger charge is 1.98. The Morgan fingerprint density at radius 2 is 1.95 bits per heavy atom. The van der Waals surface area contributed by atoms with Gasteiger partial charge in [-0.1, -0.05) is 31.9 Å². The molecule has 0 aromatic heterocycles. The molecule has 22 heavy (non-hydrogen) atoms. The minimum absolute atomic E-state index is 0.270. The Bertz CT molecular complexity index is 501. The van der Waals surface area contributed by atoms with Gasteiger partial charge in [0.05, 0.1) is 7.11 Å². The molecule has 0 saturated heterocycles. The van der Waals surface area contributed by atoms with E-state index in [0.717, 1.165) is 37.1 Å². The summed E-state index contributed by atoms with van der Waals surface area (Å²) in [5.74, 6) is 0.510. The Labute approximate surface area is 137 Å². The van der Waals surface area contributed by atoms with Crippen molar-refractivity contribution in [3.05, 3.63) is 35.9 Å². The van der Waals surface area contributed by atoms with Crippen molar-refractivity contribution < 1.29 is 9.53 Å². The molecule has 1 amide bonds. The standard InChI is InChI=1S/C16H23N3O2S/c1-3-4-5-12-17-16(22)19-18-15(20)11-8-13-6-9-14(21-2)10-7-13/h6-11H,3-5,12H2,1-2H3,(H,18,20)(H2,17,19,22)/b11-8+. The van der Waals surface area contributed by atoms with Gasteiger partial charge in [0.25, 0.3) is 5.91 Å². The molecule has 0 aliphatic rings. The van der Waals surface area contributed by atoms with Crippen LogP contribution >= 0.6 is 12.2 Å². The van der Waals surface area contributed by atoms with E-state index < -0.39 is 0 Å². The highest BCUT2D eigenvalue weighted by molar-refractivity contribution is 7.80. The first kappa shape index (κ1) is 18.0. The van der Waals surface area contributed by atoms with E-state index >= 15 is 0 Å². The zero-order valence-corrected chi connectivity index (χ0v) is 13.8. The van der Waals surface area contributed by atoms with Crippen LogP contribution in [0, 0.1) is 0 Å². The molecule has 0 fully saturated rings. The predicted molar refractivity (Wildman–Crippen MR) is 93.4 cm³/mol. The largest absolute Gasteiger partial charge is 0.497 e. The lowest BCUT2D eigenvalue weighted by atomic mass is 10.2. The number of carbonyl (C=O) groups is 1. The first-order valence-electron chi connectivity index (χ1n) is 7.31. The number of nitrogens with one attached hydrogen (secondary N) is 3. The number of unbranched alkanes of at least 4 members (excludes halogenated alkanes) is 2. The van der Waals surface area contributed by atoms with Gasteiger partial charge in [0.1, 0.15) is 5.75 Å². The zero-order valence-electron chi connectivity index (χ0n) is 13.0. The Morgan fingerprint density at radius 1 is 1.23 bits per heavy atom. The summed E-state index contributed by atoms with van der Waals surface area (Å²) in [4.78, 5) is 11.6. The summed E-state index contributed by atoms with van der Waals surface area (Å²) in [7, 11) is 1.61. The average molecular weight is 321 g/mol. The fourth-order valence-electron chi connectivity index (χ4n) is 1.67. The third-order valence-corrected chi connectivity index (χ3v) is 3.15. The quantitative estimate of drug-likeness (QED) is 0.311. The maximum Gasteiger partial charge on any atom is 0.262 e. The van der Waals surface area contributed by atoms with Gasteiger partial charge < -0.3 is 10.1 Å². The van der Waals surface area contributed by atoms with Crippen LogP contribution in [0.2, 0.25) is 0 Å². The lowest BCUT2D eigenvalue weighted by Gasteiger charge is -2.10. The van der Waals surface area contributed by atoms with Crippen molar-refractivity contribution in [3.63, 3.8) is 0 Å². The molecule has 0 unspecified atom stereocenters. The number of hydrogen-bond acceptors (Lipinski definition) is 3. The number of rotatable bonds is 7. The molecule has 1 rings (SSSR count). The molecule has 1 aromatic carbocycles. The second-order valence-electron chi connectivity index (χ2n) is 4.68. The van der Waals surface area contributed by atoms with E-state index in [4.69, 9.17) is 17.0 Å². The fourth-order valence-corrected chi connectivity index (χ4v) is 1.82. The van der Waals surface area contributed by atoms with Gasteiger partial charge >= 0.3 is 0 Å². The number of amides is 1. The Morgan fingerprint density at radius 3 is 2.59 bits per heavy atom. The van der Waals surface area contributed by atoms with Gasteiger partial charge in [0.15, 0.2) is 5.11 Å². The van der Waals surface area contributed by atoms with Gasteiger partial charge in [0, 0.05) is 12.6 Å². The van der Waals surface area contributed by atoms with Crippen molar-refractivity contribution >= 4 is 29.3 Å². The highest BCUT2D eigenvalue weighted by atomic mass is 32.1. The smallest absolute Gasteiger partial charge is 0.262 e. The molecule has 0 saturated carbocycles. The van der Waals surface area contributed by atoms with Gasteiger partial charge in [0.2, 0.25) is 0 Å². The molecule has 0 radical (unpaired) electrons. The van der Waals surface area contributed by atoms with Gasteiger partial charge in [-0.05, 0) is 42.4 Å². The van der Waals surface area contributed by atoms with E-state index in [9.17, 15) is 4.79 Å². The molecule has 5 nitrogen and oxygen atoms in total. The van der Waals surface area contributed by atoms with E-state index in [1.54, 1.807) is 13.2 Å². The minimum Gasteiger partial charge on any atom is -0.497 e. The van der Waals surface area contributed by atoms with Gasteiger partial charge in [-0.3, -0.25) is 15.6 Å². The van der Waals surface area contributed by atoms with Crippen molar-refractivity contribution in [1.29, 1.82) is 0 Å².